The molecule has 2 rings (SSSR count). The Hall–Kier alpha value is -2.76. The molecule has 0 bridgehead atoms. The summed E-state index contributed by atoms with van der Waals surface area (Å²) in [5, 5.41) is 11.8. The number of aromatic nitrogens is 1. The molecule has 0 saturated carbocycles. The summed E-state index contributed by atoms with van der Waals surface area (Å²) in [5.41, 5.74) is 7.82. The molecule has 6 nitrogen and oxygen atoms in total. The van der Waals surface area contributed by atoms with Crippen molar-refractivity contribution >= 4 is 5.84 Å². The quantitative estimate of drug-likeness (QED) is 0.380. The Morgan fingerprint density at radius 2 is 1.95 bits per heavy atom. The number of pyridine rings is 1. The Morgan fingerprint density at radius 1 is 1.24 bits per heavy atom. The molecule has 110 valence electrons. The topological polar surface area (TPSA) is 90.0 Å². The van der Waals surface area contributed by atoms with Gasteiger partial charge in [0.15, 0.2) is 5.84 Å². The highest BCUT2D eigenvalue weighted by Crippen LogP contribution is 2.18. The Kier molecular flexibility index (Phi) is 4.61. The highest BCUT2D eigenvalue weighted by atomic mass is 16.5. The van der Waals surface area contributed by atoms with Crippen molar-refractivity contribution in [1.82, 2.24) is 4.98 Å². The number of nitrogens with zero attached hydrogens (tertiary/aromatic N) is 2. The first kappa shape index (κ1) is 14.6. The largest absolute Gasteiger partial charge is 0.497 e. The van der Waals surface area contributed by atoms with Crippen LogP contribution in [-0.4, -0.2) is 23.1 Å². The van der Waals surface area contributed by atoms with Crippen LogP contribution in [0.1, 0.15) is 16.8 Å². The van der Waals surface area contributed by atoms with E-state index in [1.807, 2.05) is 31.2 Å². The van der Waals surface area contributed by atoms with Crippen LogP contribution in [0.25, 0.3) is 0 Å². The van der Waals surface area contributed by atoms with Gasteiger partial charge in [-0.1, -0.05) is 17.3 Å². The molecule has 0 radical (unpaired) electrons. The SMILES string of the molecule is COc1ccc(COc2nc(C)ccc2C(N)=NO)cc1. The Morgan fingerprint density at radius 3 is 2.57 bits per heavy atom. The van der Waals surface area contributed by atoms with E-state index < -0.39 is 0 Å². The van der Waals surface area contributed by atoms with E-state index in [1.165, 1.54) is 0 Å². The normalized spacial score (nSPS) is 11.2. The number of ether oxygens (including phenoxy) is 2. The van der Waals surface area contributed by atoms with Crippen LogP contribution < -0.4 is 15.2 Å². The second kappa shape index (κ2) is 6.60. The molecule has 0 spiro atoms. The predicted molar refractivity (Wildman–Crippen MR) is 78.8 cm³/mol. The summed E-state index contributed by atoms with van der Waals surface area (Å²) >= 11 is 0. The zero-order valence-corrected chi connectivity index (χ0v) is 11.9. The molecule has 0 saturated heterocycles. The van der Waals surface area contributed by atoms with Crippen molar-refractivity contribution in [2.24, 2.45) is 10.9 Å². The minimum Gasteiger partial charge on any atom is -0.497 e. The molecule has 1 aromatic carbocycles. The minimum atomic E-state index is -0.0350. The molecule has 2 aromatic rings. The first-order valence-corrected chi connectivity index (χ1v) is 6.35. The number of methoxy groups -OCH3 is 1. The van der Waals surface area contributed by atoms with E-state index in [4.69, 9.17) is 20.4 Å². The van der Waals surface area contributed by atoms with Crippen molar-refractivity contribution in [2.75, 3.05) is 7.11 Å². The molecule has 0 fully saturated rings. The van der Waals surface area contributed by atoms with E-state index >= 15 is 0 Å². The number of benzene rings is 1. The van der Waals surface area contributed by atoms with E-state index in [0.717, 1.165) is 17.0 Å². The zero-order valence-electron chi connectivity index (χ0n) is 11.9. The summed E-state index contributed by atoms with van der Waals surface area (Å²) in [7, 11) is 1.62. The fourth-order valence-electron chi connectivity index (χ4n) is 1.77. The molecule has 0 amide bonds. The molecular formula is C15H17N3O3. The maximum Gasteiger partial charge on any atom is 0.225 e. The van der Waals surface area contributed by atoms with Gasteiger partial charge in [-0.3, -0.25) is 0 Å². The lowest BCUT2D eigenvalue weighted by molar-refractivity contribution is 0.291. The number of aryl methyl sites for hydroxylation is 1. The maximum absolute atomic E-state index is 8.79. The summed E-state index contributed by atoms with van der Waals surface area (Å²) in [6.07, 6.45) is 0. The van der Waals surface area contributed by atoms with Crippen molar-refractivity contribution in [1.29, 1.82) is 0 Å². The number of hydrogen-bond donors (Lipinski definition) is 2. The third-order valence-electron chi connectivity index (χ3n) is 2.92. The molecule has 1 aromatic heterocycles. The molecule has 1 heterocycles. The van der Waals surface area contributed by atoms with Crippen LogP contribution >= 0.6 is 0 Å². The van der Waals surface area contributed by atoms with Gasteiger partial charge in [-0.2, -0.15) is 0 Å². The highest BCUT2D eigenvalue weighted by Gasteiger charge is 2.10. The number of hydrogen-bond acceptors (Lipinski definition) is 5. The van der Waals surface area contributed by atoms with Gasteiger partial charge in [0.05, 0.1) is 12.7 Å². The van der Waals surface area contributed by atoms with Crippen LogP contribution in [0.3, 0.4) is 0 Å². The minimum absolute atomic E-state index is 0.0350. The lowest BCUT2D eigenvalue weighted by Crippen LogP contribution is -2.16. The van der Waals surface area contributed by atoms with Crippen LogP contribution in [-0.2, 0) is 6.61 Å². The molecule has 3 N–H and O–H groups in total. The fourth-order valence-corrected chi connectivity index (χ4v) is 1.77. The lowest BCUT2D eigenvalue weighted by Gasteiger charge is -2.10. The summed E-state index contributed by atoms with van der Waals surface area (Å²) < 4.78 is 10.8. The van der Waals surface area contributed by atoms with Gasteiger partial charge in [0, 0.05) is 5.69 Å². The van der Waals surface area contributed by atoms with Crippen molar-refractivity contribution in [3.63, 3.8) is 0 Å². The smallest absolute Gasteiger partial charge is 0.225 e. The van der Waals surface area contributed by atoms with Crippen LogP contribution in [0.4, 0.5) is 0 Å². The van der Waals surface area contributed by atoms with Gasteiger partial charge in [-0.15, -0.1) is 0 Å². The monoisotopic (exact) mass is 287 g/mol. The number of oxime groups is 1. The molecular weight excluding hydrogens is 270 g/mol. The second-order valence-electron chi connectivity index (χ2n) is 4.43. The van der Waals surface area contributed by atoms with Gasteiger partial charge in [-0.25, -0.2) is 4.98 Å². The molecule has 0 unspecified atom stereocenters. The van der Waals surface area contributed by atoms with Crippen LogP contribution in [0.2, 0.25) is 0 Å². The predicted octanol–water partition coefficient (Wildman–Crippen LogP) is 2.07. The Labute approximate surface area is 122 Å². The maximum atomic E-state index is 8.79. The van der Waals surface area contributed by atoms with Crippen molar-refractivity contribution in [2.45, 2.75) is 13.5 Å². The zero-order chi connectivity index (χ0) is 15.2. The van der Waals surface area contributed by atoms with Crippen LogP contribution in [0.15, 0.2) is 41.6 Å². The van der Waals surface area contributed by atoms with E-state index in [9.17, 15) is 0 Å². The average Bonchev–Trinajstić information content (AvgIpc) is 2.52. The highest BCUT2D eigenvalue weighted by molar-refractivity contribution is 5.99. The first-order chi connectivity index (χ1) is 10.1. The van der Waals surface area contributed by atoms with Crippen molar-refractivity contribution in [3.8, 4) is 11.6 Å². The Balaban J connectivity index is 2.16. The summed E-state index contributed by atoms with van der Waals surface area (Å²) in [5.74, 6) is 1.08. The molecule has 6 heteroatoms. The van der Waals surface area contributed by atoms with E-state index in [1.54, 1.807) is 19.2 Å². The molecule has 0 aliphatic rings. The first-order valence-electron chi connectivity index (χ1n) is 6.35. The van der Waals surface area contributed by atoms with Gasteiger partial charge in [-0.05, 0) is 36.8 Å². The third-order valence-corrected chi connectivity index (χ3v) is 2.92. The molecule has 0 atom stereocenters. The summed E-state index contributed by atoms with van der Waals surface area (Å²) in [6.45, 7) is 2.17. The Bertz CT molecular complexity index is 639. The number of amidine groups is 1. The van der Waals surface area contributed by atoms with E-state index in [-0.39, 0.29) is 5.84 Å². The average molecular weight is 287 g/mol. The molecule has 21 heavy (non-hydrogen) atoms. The summed E-state index contributed by atoms with van der Waals surface area (Å²) in [6, 6.07) is 11.0. The van der Waals surface area contributed by atoms with Crippen molar-refractivity contribution < 1.29 is 14.7 Å². The summed E-state index contributed by atoms with van der Waals surface area (Å²) in [4.78, 5) is 4.27. The van der Waals surface area contributed by atoms with Gasteiger partial charge in [0.2, 0.25) is 5.88 Å². The lowest BCUT2D eigenvalue weighted by atomic mass is 10.2. The molecule has 0 aliphatic heterocycles. The van der Waals surface area contributed by atoms with Gasteiger partial charge in [0.1, 0.15) is 12.4 Å². The third kappa shape index (κ3) is 3.62. The second-order valence-corrected chi connectivity index (χ2v) is 4.43. The van der Waals surface area contributed by atoms with Crippen molar-refractivity contribution in [3.05, 3.63) is 53.2 Å². The number of rotatable bonds is 5. The fraction of sp³-hybridized carbons (Fsp3) is 0.200. The van der Waals surface area contributed by atoms with Gasteiger partial charge >= 0.3 is 0 Å². The van der Waals surface area contributed by atoms with Gasteiger partial charge < -0.3 is 20.4 Å². The number of nitrogens with two attached hydrogens (primary N) is 1. The van der Waals surface area contributed by atoms with Gasteiger partial charge in [0.25, 0.3) is 0 Å². The molecule has 0 aliphatic carbocycles. The standard InChI is InChI=1S/C15H17N3O3/c1-10-3-8-13(14(16)18-19)15(17-10)21-9-11-4-6-12(20-2)7-5-11/h3-8,19H,9H2,1-2H3,(H2,16,18). The van der Waals surface area contributed by atoms with E-state index in [0.29, 0.717) is 18.1 Å². The van der Waals surface area contributed by atoms with Crippen LogP contribution in [0, 0.1) is 6.92 Å². The van der Waals surface area contributed by atoms with E-state index in [2.05, 4.69) is 10.1 Å². The van der Waals surface area contributed by atoms with Crippen LogP contribution in [0.5, 0.6) is 11.6 Å².